The van der Waals surface area contributed by atoms with Crippen LogP contribution in [0.3, 0.4) is 0 Å². The fraction of sp³-hybridized carbons (Fsp3) is 0.571. The normalized spacial score (nSPS) is 14.9. The Labute approximate surface area is 89.3 Å². The van der Waals surface area contributed by atoms with Crippen molar-refractivity contribution in [3.63, 3.8) is 0 Å². The first-order chi connectivity index (χ1) is 7.06. The molecule has 0 saturated carbocycles. The summed E-state index contributed by atoms with van der Waals surface area (Å²) in [4.78, 5) is 13.4. The van der Waals surface area contributed by atoms with E-state index in [4.69, 9.17) is 5.73 Å². The molecule has 1 heterocycles. The van der Waals surface area contributed by atoms with Crippen LogP contribution in [-0.4, -0.2) is 32.8 Å². The second-order valence-electron chi connectivity index (χ2n) is 2.88. The van der Waals surface area contributed by atoms with Crippen molar-refractivity contribution in [1.29, 1.82) is 0 Å². The van der Waals surface area contributed by atoms with E-state index >= 15 is 0 Å². The summed E-state index contributed by atoms with van der Waals surface area (Å²) in [6, 6.07) is 0. The topological polar surface area (TPSA) is 123 Å². The smallest absolute Gasteiger partial charge is 0.344 e. The van der Waals surface area contributed by atoms with E-state index < -0.39 is 17.1 Å². The second-order valence-corrected chi connectivity index (χ2v) is 3.92. The highest BCUT2D eigenvalue weighted by Gasteiger charge is 2.23. The Hall–Kier alpha value is -1.09. The SMILES string of the molecule is NCCC(O)C(O)c1ncc([N+](=O)[O-])s1. The molecule has 0 aromatic carbocycles. The molecule has 0 bridgehead atoms. The van der Waals surface area contributed by atoms with Crippen LogP contribution < -0.4 is 5.73 Å². The third kappa shape index (κ3) is 2.93. The summed E-state index contributed by atoms with van der Waals surface area (Å²) in [7, 11) is 0. The van der Waals surface area contributed by atoms with Gasteiger partial charge in [0, 0.05) is 0 Å². The van der Waals surface area contributed by atoms with Crippen LogP contribution in [0.5, 0.6) is 0 Å². The highest BCUT2D eigenvalue weighted by molar-refractivity contribution is 7.14. The minimum atomic E-state index is -1.22. The van der Waals surface area contributed by atoms with Gasteiger partial charge in [-0.05, 0) is 24.3 Å². The zero-order valence-corrected chi connectivity index (χ0v) is 8.55. The molecule has 4 N–H and O–H groups in total. The molecule has 7 nitrogen and oxygen atoms in total. The van der Waals surface area contributed by atoms with Crippen LogP contribution in [0.4, 0.5) is 5.00 Å². The lowest BCUT2D eigenvalue weighted by Crippen LogP contribution is -2.21. The number of nitrogens with two attached hydrogens (primary N) is 1. The highest BCUT2D eigenvalue weighted by atomic mass is 32.1. The van der Waals surface area contributed by atoms with E-state index in [0.29, 0.717) is 0 Å². The largest absolute Gasteiger partial charge is 0.390 e. The minimum Gasteiger partial charge on any atom is -0.390 e. The maximum Gasteiger partial charge on any atom is 0.344 e. The molecule has 1 aromatic heterocycles. The molecule has 0 aliphatic heterocycles. The Morgan fingerprint density at radius 3 is 2.80 bits per heavy atom. The van der Waals surface area contributed by atoms with Crippen molar-refractivity contribution in [3.8, 4) is 0 Å². The van der Waals surface area contributed by atoms with Gasteiger partial charge in [0.1, 0.15) is 17.3 Å². The Morgan fingerprint density at radius 1 is 1.67 bits per heavy atom. The van der Waals surface area contributed by atoms with Gasteiger partial charge in [-0.1, -0.05) is 0 Å². The van der Waals surface area contributed by atoms with Gasteiger partial charge in [0.15, 0.2) is 0 Å². The number of aliphatic hydroxyl groups excluding tert-OH is 2. The zero-order chi connectivity index (χ0) is 11.4. The van der Waals surface area contributed by atoms with Gasteiger partial charge < -0.3 is 15.9 Å². The Bertz CT molecular complexity index is 343. The van der Waals surface area contributed by atoms with Crippen LogP contribution in [0, 0.1) is 10.1 Å². The van der Waals surface area contributed by atoms with Gasteiger partial charge in [-0.2, -0.15) is 0 Å². The predicted molar refractivity (Wildman–Crippen MR) is 53.4 cm³/mol. The summed E-state index contributed by atoms with van der Waals surface area (Å²) < 4.78 is 0. The quantitative estimate of drug-likeness (QED) is 0.478. The third-order valence-electron chi connectivity index (χ3n) is 1.77. The van der Waals surface area contributed by atoms with Crippen molar-refractivity contribution in [1.82, 2.24) is 4.98 Å². The van der Waals surface area contributed by atoms with Gasteiger partial charge in [0.25, 0.3) is 0 Å². The Morgan fingerprint density at radius 2 is 2.33 bits per heavy atom. The fourth-order valence-corrected chi connectivity index (χ4v) is 1.77. The Kier molecular flexibility index (Phi) is 4.09. The van der Waals surface area contributed by atoms with Gasteiger partial charge in [-0.25, -0.2) is 4.98 Å². The molecule has 2 unspecified atom stereocenters. The van der Waals surface area contributed by atoms with Crippen LogP contribution in [0.1, 0.15) is 17.5 Å². The van der Waals surface area contributed by atoms with E-state index in [-0.39, 0.29) is 23.0 Å². The molecular weight excluding hydrogens is 222 g/mol. The Balaban J connectivity index is 2.73. The molecule has 0 amide bonds. The molecular formula is C7H11N3O4S. The number of hydrogen-bond donors (Lipinski definition) is 3. The maximum atomic E-state index is 10.3. The van der Waals surface area contributed by atoms with Crippen LogP contribution in [0.15, 0.2) is 6.20 Å². The minimum absolute atomic E-state index is 0.127. The van der Waals surface area contributed by atoms with Crippen molar-refractivity contribution >= 4 is 16.3 Å². The number of nitrogens with zero attached hydrogens (tertiary/aromatic N) is 2. The number of aliphatic hydroxyl groups is 2. The zero-order valence-electron chi connectivity index (χ0n) is 7.74. The molecule has 0 fully saturated rings. The molecule has 15 heavy (non-hydrogen) atoms. The van der Waals surface area contributed by atoms with Gasteiger partial charge in [-0.3, -0.25) is 10.1 Å². The highest BCUT2D eigenvalue weighted by Crippen LogP contribution is 2.28. The van der Waals surface area contributed by atoms with Crippen LogP contribution in [0.2, 0.25) is 0 Å². The maximum absolute atomic E-state index is 10.3. The first kappa shape index (κ1) is 12.0. The molecule has 1 aromatic rings. The summed E-state index contributed by atoms with van der Waals surface area (Å²) in [6.07, 6.45) is -0.986. The molecule has 1 rings (SSSR count). The standard InChI is InChI=1S/C7H11N3O4S/c8-2-1-4(11)6(12)7-9-3-5(15-7)10(13)14/h3-4,6,11-12H,1-2,8H2. The molecule has 8 heteroatoms. The molecule has 2 atom stereocenters. The first-order valence-corrected chi connectivity index (χ1v) is 5.04. The number of nitro groups is 1. The van der Waals surface area contributed by atoms with E-state index in [1.807, 2.05) is 0 Å². The molecule has 0 saturated heterocycles. The molecule has 0 radical (unpaired) electrons. The third-order valence-corrected chi connectivity index (χ3v) is 2.79. The lowest BCUT2D eigenvalue weighted by atomic mass is 10.1. The lowest BCUT2D eigenvalue weighted by molar-refractivity contribution is -0.380. The lowest BCUT2D eigenvalue weighted by Gasteiger charge is -2.13. The predicted octanol–water partition coefficient (Wildman–Crippen LogP) is -0.206. The van der Waals surface area contributed by atoms with E-state index in [2.05, 4.69) is 4.98 Å². The molecule has 0 spiro atoms. The number of thiazole rings is 1. The number of hydrogen-bond acceptors (Lipinski definition) is 7. The van der Waals surface area contributed by atoms with Gasteiger partial charge in [0.2, 0.25) is 0 Å². The average molecular weight is 233 g/mol. The summed E-state index contributed by atoms with van der Waals surface area (Å²) in [6.45, 7) is 0.228. The fourth-order valence-electron chi connectivity index (χ4n) is 0.993. The molecule has 0 aliphatic carbocycles. The van der Waals surface area contributed by atoms with Crippen molar-refractivity contribution < 1.29 is 15.1 Å². The second kappa shape index (κ2) is 5.12. The molecule has 0 aliphatic rings. The molecule has 84 valence electrons. The van der Waals surface area contributed by atoms with Crippen molar-refractivity contribution in [2.75, 3.05) is 6.54 Å². The summed E-state index contributed by atoms with van der Waals surface area (Å²) in [5.74, 6) is 0. The van der Waals surface area contributed by atoms with Gasteiger partial charge >= 0.3 is 5.00 Å². The number of aromatic nitrogens is 1. The van der Waals surface area contributed by atoms with Crippen molar-refractivity contribution in [2.24, 2.45) is 5.73 Å². The summed E-state index contributed by atoms with van der Waals surface area (Å²) in [5.41, 5.74) is 5.20. The van der Waals surface area contributed by atoms with E-state index in [1.54, 1.807) is 0 Å². The summed E-state index contributed by atoms with van der Waals surface area (Å²) in [5, 5.41) is 29.2. The van der Waals surface area contributed by atoms with Gasteiger partial charge in [-0.15, -0.1) is 0 Å². The van der Waals surface area contributed by atoms with Crippen LogP contribution in [-0.2, 0) is 0 Å². The van der Waals surface area contributed by atoms with Crippen LogP contribution >= 0.6 is 11.3 Å². The summed E-state index contributed by atoms with van der Waals surface area (Å²) >= 11 is 0.742. The van der Waals surface area contributed by atoms with Crippen molar-refractivity contribution in [3.05, 3.63) is 21.3 Å². The monoisotopic (exact) mass is 233 g/mol. The number of rotatable bonds is 5. The van der Waals surface area contributed by atoms with Gasteiger partial charge in [0.05, 0.1) is 11.0 Å². The van der Waals surface area contributed by atoms with E-state index in [1.165, 1.54) is 0 Å². The van der Waals surface area contributed by atoms with Crippen molar-refractivity contribution in [2.45, 2.75) is 18.6 Å². The van der Waals surface area contributed by atoms with Crippen LogP contribution in [0.25, 0.3) is 0 Å². The average Bonchev–Trinajstić information content (AvgIpc) is 2.65. The first-order valence-electron chi connectivity index (χ1n) is 4.22. The van der Waals surface area contributed by atoms with E-state index in [0.717, 1.165) is 17.5 Å². The van der Waals surface area contributed by atoms with E-state index in [9.17, 15) is 20.3 Å².